The second-order valence-electron chi connectivity index (χ2n) is 8.55. The van der Waals surface area contributed by atoms with E-state index in [-0.39, 0.29) is 11.5 Å². The summed E-state index contributed by atoms with van der Waals surface area (Å²) in [7, 11) is 0. The first kappa shape index (κ1) is 21.1. The fourth-order valence-corrected chi connectivity index (χ4v) is 4.91. The van der Waals surface area contributed by atoms with Crippen LogP contribution in [0.4, 0.5) is 42.9 Å². The van der Waals surface area contributed by atoms with Gasteiger partial charge in [0.05, 0.1) is 42.8 Å². The molecule has 2 aliphatic rings. The molecule has 2 N–H and O–H groups in total. The smallest absolute Gasteiger partial charge is 0.149 e. The van der Waals surface area contributed by atoms with Crippen LogP contribution in [0.5, 0.6) is 11.5 Å². The number of benzene rings is 4. The number of aromatic hydroxyl groups is 2. The summed E-state index contributed by atoms with van der Waals surface area (Å²) in [6, 6.07) is 23.4. The van der Waals surface area contributed by atoms with Crippen molar-refractivity contribution in [2.75, 3.05) is 39.6 Å². The van der Waals surface area contributed by atoms with Gasteiger partial charge >= 0.3 is 0 Å². The van der Waals surface area contributed by atoms with Crippen molar-refractivity contribution < 1.29 is 19.0 Å². The van der Waals surface area contributed by atoms with Gasteiger partial charge in [0.1, 0.15) is 34.5 Å². The van der Waals surface area contributed by atoms with Gasteiger partial charge < -0.3 is 29.8 Å². The van der Waals surface area contributed by atoms with Gasteiger partial charge in [0.2, 0.25) is 0 Å². The summed E-state index contributed by atoms with van der Waals surface area (Å²) in [6.45, 7) is 0.929. The van der Waals surface area contributed by atoms with Crippen LogP contribution in [-0.2, 0) is 0 Å². The minimum absolute atomic E-state index is 0.0582. The largest absolute Gasteiger partial charge is 0.506 e. The Morgan fingerprint density at radius 1 is 0.543 bits per heavy atom. The average Bonchev–Trinajstić information content (AvgIpc) is 3.40. The van der Waals surface area contributed by atoms with E-state index in [1.807, 2.05) is 21.9 Å². The molecule has 0 unspecified atom stereocenters. The summed E-state index contributed by atoms with van der Waals surface area (Å²) >= 11 is 0. The van der Waals surface area contributed by atoms with E-state index >= 15 is 8.78 Å². The van der Waals surface area contributed by atoms with Crippen LogP contribution in [0.15, 0.2) is 84.9 Å². The normalized spacial score (nSPS) is 14.5. The van der Waals surface area contributed by atoms with Crippen molar-refractivity contribution >= 4 is 34.1 Å². The Morgan fingerprint density at radius 2 is 0.943 bits per heavy atom. The lowest BCUT2D eigenvalue weighted by Gasteiger charge is -2.29. The SMILES string of the molecule is Oc1ccccc1N1CN(CN2CN(c3ccccc3O)c3c(F)cccc32)c2cccc(F)c21. The van der Waals surface area contributed by atoms with Crippen LogP contribution in [0.2, 0.25) is 0 Å². The van der Waals surface area contributed by atoms with Crippen molar-refractivity contribution in [3.63, 3.8) is 0 Å². The summed E-state index contributed by atoms with van der Waals surface area (Å²) in [5, 5.41) is 20.9. The highest BCUT2D eigenvalue weighted by Gasteiger charge is 2.36. The summed E-state index contributed by atoms with van der Waals surface area (Å²) in [5.74, 6) is -0.667. The van der Waals surface area contributed by atoms with Gasteiger partial charge in [0, 0.05) is 0 Å². The summed E-state index contributed by atoms with van der Waals surface area (Å²) in [6.07, 6.45) is 0. The van der Waals surface area contributed by atoms with E-state index in [9.17, 15) is 10.2 Å². The van der Waals surface area contributed by atoms with E-state index < -0.39 is 11.6 Å². The Labute approximate surface area is 201 Å². The first-order chi connectivity index (χ1) is 17.0. The topological polar surface area (TPSA) is 53.4 Å². The van der Waals surface area contributed by atoms with Crippen molar-refractivity contribution in [3.05, 3.63) is 96.6 Å². The van der Waals surface area contributed by atoms with Crippen LogP contribution in [-0.4, -0.2) is 30.2 Å². The monoisotopic (exact) mass is 472 g/mol. The molecule has 8 heteroatoms. The van der Waals surface area contributed by atoms with Crippen LogP contribution in [0, 0.1) is 11.6 Å². The predicted molar refractivity (Wildman–Crippen MR) is 133 cm³/mol. The molecule has 2 heterocycles. The van der Waals surface area contributed by atoms with Crippen molar-refractivity contribution in [3.8, 4) is 11.5 Å². The van der Waals surface area contributed by atoms with E-state index in [0.717, 1.165) is 0 Å². The van der Waals surface area contributed by atoms with Gasteiger partial charge in [-0.15, -0.1) is 0 Å². The molecular weight excluding hydrogens is 450 g/mol. The molecule has 0 atom stereocenters. The molecule has 0 radical (unpaired) electrons. The Bertz CT molecular complexity index is 1320. The predicted octanol–water partition coefficient (Wildman–Crippen LogP) is 5.86. The summed E-state index contributed by atoms with van der Waals surface area (Å²) in [5.41, 5.74) is 3.12. The molecule has 6 rings (SSSR count). The molecule has 176 valence electrons. The maximum absolute atomic E-state index is 15.0. The molecular formula is C27H22F2N4O2. The highest BCUT2D eigenvalue weighted by atomic mass is 19.1. The number of hydrogen-bond donors (Lipinski definition) is 2. The molecule has 6 nitrogen and oxygen atoms in total. The number of rotatable bonds is 4. The molecule has 0 saturated carbocycles. The molecule has 0 aliphatic carbocycles. The van der Waals surface area contributed by atoms with Gasteiger partial charge in [-0.25, -0.2) is 8.78 Å². The molecule has 0 saturated heterocycles. The van der Waals surface area contributed by atoms with E-state index in [4.69, 9.17) is 0 Å². The molecule has 0 fully saturated rings. The maximum Gasteiger partial charge on any atom is 0.149 e. The Morgan fingerprint density at radius 3 is 1.37 bits per heavy atom. The minimum Gasteiger partial charge on any atom is -0.506 e. The van der Waals surface area contributed by atoms with Crippen LogP contribution in [0.25, 0.3) is 0 Å². The zero-order valence-electron chi connectivity index (χ0n) is 18.6. The number of para-hydroxylation sites is 6. The zero-order valence-corrected chi connectivity index (χ0v) is 18.6. The molecule has 4 aromatic rings. The van der Waals surface area contributed by atoms with Gasteiger partial charge in [-0.05, 0) is 48.5 Å². The third-order valence-electron chi connectivity index (χ3n) is 6.46. The molecule has 35 heavy (non-hydrogen) atoms. The molecule has 0 aromatic heterocycles. The molecule has 4 aromatic carbocycles. The van der Waals surface area contributed by atoms with Crippen molar-refractivity contribution in [2.24, 2.45) is 0 Å². The van der Waals surface area contributed by atoms with E-state index in [0.29, 0.717) is 54.1 Å². The second-order valence-corrected chi connectivity index (χ2v) is 8.55. The standard InChI is InChI=1S/C27H22F2N4O2/c28-18-7-5-11-22-26(18)32(20-9-1-3-13-24(20)34)16-30(22)15-31-17-33(21-10-2-4-14-25(21)35)27-19(29)8-6-12-23(27)31/h1-14,34-35H,15-17H2. The Hall–Kier alpha value is -4.46. The number of phenolic OH excluding ortho intramolecular Hbond substituents is 2. The zero-order chi connectivity index (χ0) is 24.1. The fourth-order valence-electron chi connectivity index (χ4n) is 4.91. The van der Waals surface area contributed by atoms with Gasteiger partial charge in [-0.3, -0.25) is 0 Å². The van der Waals surface area contributed by atoms with Crippen LogP contribution < -0.4 is 19.6 Å². The fraction of sp³-hybridized carbons (Fsp3) is 0.111. The van der Waals surface area contributed by atoms with Gasteiger partial charge in [0.25, 0.3) is 0 Å². The second kappa shape index (κ2) is 8.09. The highest BCUT2D eigenvalue weighted by molar-refractivity contribution is 5.87. The number of nitrogens with zero attached hydrogens (tertiary/aromatic N) is 4. The lowest BCUT2D eigenvalue weighted by molar-refractivity contribution is 0.475. The van der Waals surface area contributed by atoms with Crippen LogP contribution in [0.3, 0.4) is 0 Å². The number of phenols is 2. The minimum atomic E-state index is -0.392. The average molecular weight is 472 g/mol. The maximum atomic E-state index is 15.0. The van der Waals surface area contributed by atoms with Gasteiger partial charge in [-0.1, -0.05) is 36.4 Å². The number of fused-ring (bicyclic) bond motifs is 2. The first-order valence-corrected chi connectivity index (χ1v) is 11.2. The third-order valence-corrected chi connectivity index (χ3v) is 6.46. The lowest BCUT2D eigenvalue weighted by Crippen LogP contribution is -2.40. The molecule has 0 spiro atoms. The lowest BCUT2D eigenvalue weighted by atomic mass is 10.2. The third kappa shape index (κ3) is 3.37. The number of anilines is 6. The van der Waals surface area contributed by atoms with Crippen LogP contribution >= 0.6 is 0 Å². The quantitative estimate of drug-likeness (QED) is 0.388. The molecule has 0 bridgehead atoms. The van der Waals surface area contributed by atoms with Gasteiger partial charge in [0.15, 0.2) is 0 Å². The Balaban J connectivity index is 1.38. The van der Waals surface area contributed by atoms with Crippen molar-refractivity contribution in [1.82, 2.24) is 0 Å². The van der Waals surface area contributed by atoms with E-state index in [1.165, 1.54) is 12.1 Å². The molecule has 0 amide bonds. The number of halogens is 2. The highest BCUT2D eigenvalue weighted by Crippen LogP contribution is 2.48. The number of hydrogen-bond acceptors (Lipinski definition) is 6. The van der Waals surface area contributed by atoms with Crippen LogP contribution in [0.1, 0.15) is 0 Å². The summed E-state index contributed by atoms with van der Waals surface area (Å²) in [4.78, 5) is 7.44. The van der Waals surface area contributed by atoms with E-state index in [1.54, 1.807) is 70.5 Å². The first-order valence-electron chi connectivity index (χ1n) is 11.2. The molecule has 2 aliphatic heterocycles. The van der Waals surface area contributed by atoms with Gasteiger partial charge in [-0.2, -0.15) is 0 Å². The Kier molecular flexibility index (Phi) is 4.88. The van der Waals surface area contributed by atoms with E-state index in [2.05, 4.69) is 0 Å². The summed E-state index contributed by atoms with van der Waals surface area (Å²) < 4.78 is 30.0. The van der Waals surface area contributed by atoms with Crippen molar-refractivity contribution in [2.45, 2.75) is 0 Å². The van der Waals surface area contributed by atoms with Crippen molar-refractivity contribution in [1.29, 1.82) is 0 Å².